The van der Waals surface area contributed by atoms with Crippen LogP contribution in [0.1, 0.15) is 94.6 Å². The van der Waals surface area contributed by atoms with Gasteiger partial charge in [0.2, 0.25) is 0 Å². The summed E-state index contributed by atoms with van der Waals surface area (Å²) in [5.41, 5.74) is -3.81. The number of ether oxygens (including phenoxy) is 1. The van der Waals surface area contributed by atoms with E-state index in [9.17, 15) is 30.7 Å². The fourth-order valence-corrected chi connectivity index (χ4v) is 6.46. The molecule has 0 saturated heterocycles. The number of hydrogen-bond acceptors (Lipinski definition) is 1. The van der Waals surface area contributed by atoms with Crippen molar-refractivity contribution in [3.63, 3.8) is 0 Å². The van der Waals surface area contributed by atoms with Gasteiger partial charge in [0, 0.05) is 0 Å². The average Bonchev–Trinajstić information content (AvgIpc) is 2.89. The van der Waals surface area contributed by atoms with Crippen LogP contribution in [0.2, 0.25) is 0 Å². The largest absolute Gasteiger partial charge is 0.429 e. The lowest BCUT2D eigenvalue weighted by Gasteiger charge is -2.38. The molecule has 0 amide bonds. The Hall–Kier alpha value is -1.99. The van der Waals surface area contributed by atoms with Gasteiger partial charge < -0.3 is 4.74 Å². The van der Waals surface area contributed by atoms with Gasteiger partial charge in [-0.25, -0.2) is 8.78 Å². The maximum Gasteiger partial charge on any atom is 0.429 e. The molecule has 3 aliphatic rings. The van der Waals surface area contributed by atoms with Gasteiger partial charge in [0.1, 0.15) is 5.76 Å². The van der Waals surface area contributed by atoms with E-state index in [1.165, 1.54) is 57.1 Å². The number of hydrogen-bond donors (Lipinski definition) is 0. The Kier molecular flexibility index (Phi) is 8.88. The Morgan fingerprint density at radius 2 is 1.45 bits per heavy atom. The summed E-state index contributed by atoms with van der Waals surface area (Å²) in [6.45, 7) is 2.24. The first-order chi connectivity index (χ1) is 17.9. The molecule has 8 heteroatoms. The van der Waals surface area contributed by atoms with Crippen molar-refractivity contribution in [2.45, 2.75) is 108 Å². The molecule has 2 saturated carbocycles. The maximum atomic E-state index is 14.7. The minimum atomic E-state index is -5.52. The predicted molar refractivity (Wildman–Crippen MR) is 133 cm³/mol. The Morgan fingerprint density at radius 3 is 1.97 bits per heavy atom. The number of unbranched alkanes of at least 4 members (excludes halogenated alkanes) is 1. The Bertz CT molecular complexity index is 967. The van der Waals surface area contributed by atoms with Crippen molar-refractivity contribution in [3.8, 4) is 0 Å². The fourth-order valence-electron chi connectivity index (χ4n) is 6.46. The normalized spacial score (nSPS) is 32.6. The fraction of sp³-hybridized carbons (Fsp3) is 0.667. The summed E-state index contributed by atoms with van der Waals surface area (Å²) in [7, 11) is 0. The van der Waals surface area contributed by atoms with Gasteiger partial charge in [-0.15, -0.1) is 0 Å². The van der Waals surface area contributed by atoms with E-state index < -0.39 is 35.4 Å². The summed E-state index contributed by atoms with van der Waals surface area (Å²) in [4.78, 5) is 0. The van der Waals surface area contributed by atoms with Crippen LogP contribution in [-0.4, -0.2) is 18.0 Å². The summed E-state index contributed by atoms with van der Waals surface area (Å²) in [6.07, 6.45) is 1.35. The molecule has 3 aliphatic carbocycles. The number of benzene rings is 1. The zero-order valence-electron chi connectivity index (χ0n) is 21.8. The average molecular weight is 547 g/mol. The van der Waals surface area contributed by atoms with Gasteiger partial charge in [0.15, 0.2) is 6.17 Å². The van der Waals surface area contributed by atoms with Crippen LogP contribution >= 0.6 is 0 Å². The molecule has 0 spiro atoms. The molecule has 1 nitrogen and oxygen atoms in total. The van der Waals surface area contributed by atoms with Gasteiger partial charge in [-0.3, -0.25) is 0 Å². The summed E-state index contributed by atoms with van der Waals surface area (Å²) in [6, 6.07) is 5.73. The highest BCUT2D eigenvalue weighted by molar-refractivity contribution is 5.32. The summed E-state index contributed by atoms with van der Waals surface area (Å²) in [5.74, 6) is 1.88. The third-order valence-corrected chi connectivity index (χ3v) is 8.90. The van der Waals surface area contributed by atoms with Gasteiger partial charge in [0.05, 0.1) is 5.56 Å². The van der Waals surface area contributed by atoms with E-state index in [4.69, 9.17) is 0 Å². The second-order valence-corrected chi connectivity index (χ2v) is 11.3. The number of alkyl halides is 7. The van der Waals surface area contributed by atoms with Crippen LogP contribution in [0.15, 0.2) is 48.3 Å². The Labute approximate surface area is 220 Å². The van der Waals surface area contributed by atoms with Crippen molar-refractivity contribution in [2.75, 3.05) is 0 Å². The minimum absolute atomic E-state index is 0.0892. The van der Waals surface area contributed by atoms with Gasteiger partial charge in [-0.1, -0.05) is 51.2 Å². The summed E-state index contributed by atoms with van der Waals surface area (Å²) >= 11 is 0. The predicted octanol–water partition coefficient (Wildman–Crippen LogP) is 10.1. The molecule has 38 heavy (non-hydrogen) atoms. The second-order valence-electron chi connectivity index (χ2n) is 11.3. The quantitative estimate of drug-likeness (QED) is 0.295. The molecule has 0 aliphatic heterocycles. The van der Waals surface area contributed by atoms with Crippen molar-refractivity contribution in [1.29, 1.82) is 0 Å². The standard InChI is InChI=1S/C30H37F7O/c1-2-3-4-20-5-7-21(8-6-20)22-9-11-23(12-10-22)24-13-15-25(16-14-24)29(33,34)38-26-17-18-28(32,27(31)19-26)30(35,36)37/h13-23,27H,2-12H2,1H3. The minimum Gasteiger partial charge on any atom is -0.429 e. The molecule has 4 rings (SSSR count). The third kappa shape index (κ3) is 6.41. The van der Waals surface area contributed by atoms with E-state index in [-0.39, 0.29) is 12.2 Å². The lowest BCUT2D eigenvalue weighted by atomic mass is 9.68. The maximum absolute atomic E-state index is 14.7. The van der Waals surface area contributed by atoms with Crippen LogP contribution in [0.3, 0.4) is 0 Å². The van der Waals surface area contributed by atoms with E-state index >= 15 is 0 Å². The van der Waals surface area contributed by atoms with Crippen molar-refractivity contribution < 1.29 is 35.5 Å². The first kappa shape index (κ1) is 29.0. The third-order valence-electron chi connectivity index (χ3n) is 8.90. The molecule has 0 radical (unpaired) electrons. The molecule has 2 unspecified atom stereocenters. The highest BCUT2D eigenvalue weighted by Crippen LogP contribution is 2.46. The number of halogens is 7. The van der Waals surface area contributed by atoms with Crippen LogP contribution in [0.4, 0.5) is 30.7 Å². The van der Waals surface area contributed by atoms with Crippen LogP contribution in [0.25, 0.3) is 0 Å². The highest BCUT2D eigenvalue weighted by Gasteiger charge is 2.60. The molecule has 0 N–H and O–H groups in total. The van der Waals surface area contributed by atoms with E-state index in [0.29, 0.717) is 12.0 Å². The van der Waals surface area contributed by atoms with Crippen LogP contribution in [-0.2, 0) is 10.8 Å². The molecule has 2 fully saturated rings. The summed E-state index contributed by atoms with van der Waals surface area (Å²) < 4.78 is 100. The Morgan fingerprint density at radius 1 is 0.868 bits per heavy atom. The van der Waals surface area contributed by atoms with Crippen LogP contribution in [0, 0.1) is 17.8 Å². The molecular formula is C30H37F7O. The van der Waals surface area contributed by atoms with Gasteiger partial charge in [-0.2, -0.15) is 22.0 Å². The SMILES string of the molecule is CCCCC1CCC(C2CCC(c3ccc(C(F)(F)OC4=CC(F)C(F)(C(F)(F)F)C=C4)cc3)CC2)CC1. The second kappa shape index (κ2) is 11.6. The van der Waals surface area contributed by atoms with Crippen LogP contribution in [0.5, 0.6) is 0 Å². The monoisotopic (exact) mass is 546 g/mol. The molecule has 1 aromatic rings. The van der Waals surface area contributed by atoms with E-state index in [1.807, 2.05) is 0 Å². The number of rotatable bonds is 8. The molecule has 0 aromatic heterocycles. The zero-order valence-corrected chi connectivity index (χ0v) is 21.8. The molecule has 1 aromatic carbocycles. The van der Waals surface area contributed by atoms with Crippen LogP contribution < -0.4 is 0 Å². The van der Waals surface area contributed by atoms with Gasteiger partial charge in [0.25, 0.3) is 5.67 Å². The molecule has 212 valence electrons. The van der Waals surface area contributed by atoms with Crippen molar-refractivity contribution >= 4 is 0 Å². The van der Waals surface area contributed by atoms with E-state index in [0.717, 1.165) is 49.0 Å². The first-order valence-corrected chi connectivity index (χ1v) is 13.9. The first-order valence-electron chi connectivity index (χ1n) is 13.9. The lowest BCUT2D eigenvalue weighted by Crippen LogP contribution is -2.47. The molecule has 0 heterocycles. The van der Waals surface area contributed by atoms with E-state index in [2.05, 4.69) is 11.7 Å². The van der Waals surface area contributed by atoms with Crippen molar-refractivity contribution in [3.05, 3.63) is 59.4 Å². The van der Waals surface area contributed by atoms with Gasteiger partial charge >= 0.3 is 12.3 Å². The van der Waals surface area contributed by atoms with Gasteiger partial charge in [-0.05, 0) is 98.1 Å². The topological polar surface area (TPSA) is 9.23 Å². The smallest absolute Gasteiger partial charge is 0.429 e. The van der Waals surface area contributed by atoms with Crippen molar-refractivity contribution in [2.24, 2.45) is 17.8 Å². The molecular weight excluding hydrogens is 509 g/mol. The Balaban J connectivity index is 1.29. The summed E-state index contributed by atoms with van der Waals surface area (Å²) in [5, 5.41) is 0. The highest BCUT2D eigenvalue weighted by atomic mass is 19.4. The number of allylic oxidation sites excluding steroid dienone is 3. The zero-order chi connectivity index (χ0) is 27.6. The molecule has 2 atom stereocenters. The van der Waals surface area contributed by atoms with Crippen molar-refractivity contribution in [1.82, 2.24) is 0 Å². The molecule has 0 bridgehead atoms. The van der Waals surface area contributed by atoms with E-state index in [1.54, 1.807) is 12.1 Å². The lowest BCUT2D eigenvalue weighted by molar-refractivity contribution is -0.232.